The number of aryl methyl sites for hydroxylation is 1. The molecule has 0 saturated carbocycles. The van der Waals surface area contributed by atoms with Crippen molar-refractivity contribution in [2.75, 3.05) is 26.3 Å². The lowest BCUT2D eigenvalue weighted by molar-refractivity contribution is 0.121. The third kappa shape index (κ3) is 4.26. The van der Waals surface area contributed by atoms with Crippen LogP contribution in [-0.4, -0.2) is 41.2 Å². The molecule has 4 rings (SSSR count). The summed E-state index contributed by atoms with van der Waals surface area (Å²) in [4.78, 5) is 11.5. The van der Waals surface area contributed by atoms with Gasteiger partial charge in [0.2, 0.25) is 0 Å². The molecule has 3 aromatic rings. The molecule has 4 nitrogen and oxygen atoms in total. The second-order valence-electron chi connectivity index (χ2n) is 7.18. The third-order valence-corrected chi connectivity index (χ3v) is 4.95. The van der Waals surface area contributed by atoms with Gasteiger partial charge in [0.25, 0.3) is 0 Å². The van der Waals surface area contributed by atoms with Crippen LogP contribution in [0.5, 0.6) is 0 Å². The third-order valence-electron chi connectivity index (χ3n) is 4.95. The van der Waals surface area contributed by atoms with E-state index in [1.54, 1.807) is 0 Å². The number of fused-ring (bicyclic) bond motifs is 1. The van der Waals surface area contributed by atoms with E-state index >= 15 is 0 Å². The summed E-state index contributed by atoms with van der Waals surface area (Å²) in [6, 6.07) is 17.0. The molecule has 1 atom stereocenters. The molecule has 1 saturated heterocycles. The van der Waals surface area contributed by atoms with E-state index in [2.05, 4.69) is 51.3 Å². The number of hydrogen-bond donors (Lipinski definition) is 0. The van der Waals surface area contributed by atoms with Crippen LogP contribution in [0.15, 0.2) is 54.7 Å². The summed E-state index contributed by atoms with van der Waals surface area (Å²) in [7, 11) is 0. The highest BCUT2D eigenvalue weighted by atomic mass is 16.5. The first-order valence-electron chi connectivity index (χ1n) is 9.32. The molecule has 0 spiro atoms. The van der Waals surface area contributed by atoms with E-state index in [0.29, 0.717) is 5.92 Å². The number of pyridine rings is 2. The highest BCUT2D eigenvalue weighted by Crippen LogP contribution is 2.19. The van der Waals surface area contributed by atoms with E-state index in [4.69, 9.17) is 4.74 Å². The van der Waals surface area contributed by atoms with Gasteiger partial charge in [-0.25, -0.2) is 0 Å². The lowest BCUT2D eigenvalue weighted by Gasteiger charge is -2.23. The van der Waals surface area contributed by atoms with E-state index in [-0.39, 0.29) is 0 Å². The van der Waals surface area contributed by atoms with Gasteiger partial charge in [0.05, 0.1) is 24.4 Å². The van der Waals surface area contributed by atoms with Crippen molar-refractivity contribution in [3.8, 4) is 0 Å². The van der Waals surface area contributed by atoms with Crippen LogP contribution in [0.25, 0.3) is 10.9 Å². The molecule has 2 aromatic heterocycles. The molecule has 1 aromatic carbocycles. The topological polar surface area (TPSA) is 38.2 Å². The zero-order valence-corrected chi connectivity index (χ0v) is 15.3. The highest BCUT2D eigenvalue weighted by Gasteiger charge is 2.19. The summed E-state index contributed by atoms with van der Waals surface area (Å²) >= 11 is 0. The van der Waals surface area contributed by atoms with Gasteiger partial charge in [0.1, 0.15) is 0 Å². The smallest absolute Gasteiger partial charge is 0.0702 e. The van der Waals surface area contributed by atoms with Crippen molar-refractivity contribution in [1.82, 2.24) is 14.9 Å². The average Bonchev–Trinajstić information content (AvgIpc) is 2.86. The lowest BCUT2D eigenvalue weighted by Crippen LogP contribution is -2.30. The van der Waals surface area contributed by atoms with Crippen LogP contribution in [-0.2, 0) is 17.7 Å². The molecule has 4 heteroatoms. The molecule has 0 unspecified atom stereocenters. The van der Waals surface area contributed by atoms with Crippen molar-refractivity contribution in [1.29, 1.82) is 0 Å². The van der Waals surface area contributed by atoms with Gasteiger partial charge in [0, 0.05) is 36.9 Å². The van der Waals surface area contributed by atoms with Gasteiger partial charge in [-0.2, -0.15) is 0 Å². The zero-order chi connectivity index (χ0) is 17.8. The number of aromatic nitrogens is 2. The molecule has 0 radical (unpaired) electrons. The minimum Gasteiger partial charge on any atom is -0.380 e. The Kier molecular flexibility index (Phi) is 5.23. The summed E-state index contributed by atoms with van der Waals surface area (Å²) in [6.45, 7) is 6.57. The molecule has 1 aliphatic rings. The summed E-state index contributed by atoms with van der Waals surface area (Å²) in [5.74, 6) is 0.497. The Hall–Kier alpha value is -2.30. The second kappa shape index (κ2) is 7.94. The van der Waals surface area contributed by atoms with Crippen molar-refractivity contribution < 1.29 is 4.74 Å². The molecule has 134 valence electrons. The van der Waals surface area contributed by atoms with Crippen LogP contribution in [0, 0.1) is 12.8 Å². The molecule has 0 N–H and O–H groups in total. The molecule has 0 aliphatic carbocycles. The monoisotopic (exact) mass is 347 g/mol. The minimum atomic E-state index is 0.497. The van der Waals surface area contributed by atoms with Crippen molar-refractivity contribution in [2.45, 2.75) is 19.9 Å². The molecular weight excluding hydrogens is 322 g/mol. The first-order chi connectivity index (χ1) is 12.8. The first-order valence-corrected chi connectivity index (χ1v) is 9.32. The van der Waals surface area contributed by atoms with Crippen LogP contribution in [0.4, 0.5) is 0 Å². The summed E-state index contributed by atoms with van der Waals surface area (Å²) in [6.07, 6.45) is 2.88. The molecule has 1 aliphatic heterocycles. The lowest BCUT2D eigenvalue weighted by atomic mass is 9.98. The Balaban J connectivity index is 1.45. The molecule has 0 amide bonds. The quantitative estimate of drug-likeness (QED) is 0.722. The van der Waals surface area contributed by atoms with Crippen LogP contribution >= 0.6 is 0 Å². The van der Waals surface area contributed by atoms with Crippen molar-refractivity contribution >= 4 is 10.9 Å². The Morgan fingerprint density at radius 1 is 1.15 bits per heavy atom. The largest absolute Gasteiger partial charge is 0.380 e. The Morgan fingerprint density at radius 3 is 3.04 bits per heavy atom. The van der Waals surface area contributed by atoms with Crippen molar-refractivity contribution in [3.63, 3.8) is 0 Å². The molecule has 26 heavy (non-hydrogen) atoms. The van der Waals surface area contributed by atoms with Gasteiger partial charge >= 0.3 is 0 Å². The predicted octanol–water partition coefficient (Wildman–Crippen LogP) is 3.63. The minimum absolute atomic E-state index is 0.497. The van der Waals surface area contributed by atoms with E-state index < -0.39 is 0 Å². The van der Waals surface area contributed by atoms with Gasteiger partial charge in [-0.3, -0.25) is 14.9 Å². The van der Waals surface area contributed by atoms with E-state index in [1.165, 1.54) is 10.9 Å². The Morgan fingerprint density at radius 2 is 2.12 bits per heavy atom. The first kappa shape index (κ1) is 17.1. The van der Waals surface area contributed by atoms with Crippen LogP contribution in [0.1, 0.15) is 17.0 Å². The fourth-order valence-corrected chi connectivity index (χ4v) is 3.72. The van der Waals surface area contributed by atoms with Crippen molar-refractivity contribution in [3.05, 3.63) is 71.7 Å². The van der Waals surface area contributed by atoms with Gasteiger partial charge in [-0.15, -0.1) is 0 Å². The normalized spacial score (nSPS) is 18.7. The summed E-state index contributed by atoms with van der Waals surface area (Å²) in [5.41, 5.74) is 4.63. The predicted molar refractivity (Wildman–Crippen MR) is 104 cm³/mol. The number of ether oxygens (including phenoxy) is 1. The maximum Gasteiger partial charge on any atom is 0.0702 e. The van der Waals surface area contributed by atoms with E-state index in [1.807, 2.05) is 25.3 Å². The Labute approximate surface area is 154 Å². The SMILES string of the molecule is Cc1cccc(CN2CCOC[C@@H](Cc3ccc4ncccc4c3)C2)n1. The second-order valence-corrected chi connectivity index (χ2v) is 7.18. The molecular formula is C22H25N3O. The fourth-order valence-electron chi connectivity index (χ4n) is 3.72. The van der Waals surface area contributed by atoms with Gasteiger partial charge in [0.15, 0.2) is 0 Å². The number of benzene rings is 1. The molecule has 3 heterocycles. The van der Waals surface area contributed by atoms with Crippen LogP contribution in [0.3, 0.4) is 0 Å². The zero-order valence-electron chi connectivity index (χ0n) is 15.3. The maximum absolute atomic E-state index is 5.88. The Bertz CT molecular complexity index is 880. The highest BCUT2D eigenvalue weighted by molar-refractivity contribution is 5.78. The molecule has 0 bridgehead atoms. The molecule has 1 fully saturated rings. The number of rotatable bonds is 4. The van der Waals surface area contributed by atoms with Gasteiger partial charge in [-0.05, 0) is 55.2 Å². The number of hydrogen-bond acceptors (Lipinski definition) is 4. The van der Waals surface area contributed by atoms with Crippen molar-refractivity contribution in [2.24, 2.45) is 5.92 Å². The van der Waals surface area contributed by atoms with Crippen LogP contribution in [0.2, 0.25) is 0 Å². The summed E-state index contributed by atoms with van der Waals surface area (Å²) < 4.78 is 5.88. The fraction of sp³-hybridized carbons (Fsp3) is 0.364. The number of nitrogens with zero attached hydrogens (tertiary/aromatic N) is 3. The van der Waals surface area contributed by atoms with E-state index in [0.717, 1.165) is 56.2 Å². The van der Waals surface area contributed by atoms with Gasteiger partial charge < -0.3 is 4.74 Å². The van der Waals surface area contributed by atoms with Crippen LogP contribution < -0.4 is 0 Å². The standard InChI is InChI=1S/C22H25N3O/c1-17-4-2-6-21(24-17)15-25-10-11-26-16-19(14-25)12-18-7-8-22-20(13-18)5-3-9-23-22/h2-9,13,19H,10-12,14-16H2,1H3/t19-/m0/s1. The van der Waals surface area contributed by atoms with Gasteiger partial charge in [-0.1, -0.05) is 18.2 Å². The maximum atomic E-state index is 5.88. The average molecular weight is 347 g/mol. The summed E-state index contributed by atoms with van der Waals surface area (Å²) in [5, 5.41) is 1.21. The van der Waals surface area contributed by atoms with E-state index in [9.17, 15) is 0 Å².